The fraction of sp³-hybridized carbons (Fsp3) is 0.333. The average molecular weight is 827 g/mol. The van der Waals surface area contributed by atoms with Crippen LogP contribution in [0.3, 0.4) is 0 Å². The number of hydrogen-bond donors (Lipinski definition) is 0. The van der Waals surface area contributed by atoms with Crippen molar-refractivity contribution in [3.63, 3.8) is 0 Å². The minimum atomic E-state index is 0.103. The summed E-state index contributed by atoms with van der Waals surface area (Å²) in [7, 11) is 0. The van der Waals surface area contributed by atoms with E-state index in [2.05, 4.69) is 209 Å². The highest BCUT2D eigenvalue weighted by molar-refractivity contribution is 5.65. The first kappa shape index (κ1) is 44.2. The maximum atomic E-state index is 4.36. The van der Waals surface area contributed by atoms with Gasteiger partial charge in [-0.15, -0.1) is 0 Å². The van der Waals surface area contributed by atoms with Crippen LogP contribution < -0.4 is 0 Å². The molecular formula is C63H70. The third-order valence-electron chi connectivity index (χ3n) is 14.6. The molecule has 7 atom stereocenters. The molecule has 0 spiro atoms. The van der Waals surface area contributed by atoms with Crippen molar-refractivity contribution in [1.29, 1.82) is 0 Å². The van der Waals surface area contributed by atoms with Crippen LogP contribution in [-0.4, -0.2) is 0 Å². The molecule has 322 valence electrons. The molecule has 3 aromatic rings. The van der Waals surface area contributed by atoms with Crippen molar-refractivity contribution in [1.82, 2.24) is 0 Å². The molecule has 0 N–H and O–H groups in total. The van der Waals surface area contributed by atoms with E-state index in [9.17, 15) is 0 Å². The first-order valence-corrected chi connectivity index (χ1v) is 24.5. The average Bonchev–Trinajstić information content (AvgIpc) is 3.35. The summed E-state index contributed by atoms with van der Waals surface area (Å²) in [6.07, 6.45) is 56.8. The van der Waals surface area contributed by atoms with Crippen LogP contribution in [0.25, 0.3) is 11.1 Å². The van der Waals surface area contributed by atoms with Gasteiger partial charge in [-0.2, -0.15) is 0 Å². The topological polar surface area (TPSA) is 0 Å². The van der Waals surface area contributed by atoms with Crippen LogP contribution in [0.15, 0.2) is 223 Å². The third-order valence-corrected chi connectivity index (χ3v) is 14.6. The Balaban J connectivity index is 1.00. The molecule has 5 aliphatic rings. The summed E-state index contributed by atoms with van der Waals surface area (Å²) in [5.74, 6) is 3.27. The van der Waals surface area contributed by atoms with Crippen LogP contribution in [0.2, 0.25) is 0 Å². The fourth-order valence-corrected chi connectivity index (χ4v) is 11.0. The minimum Gasteiger partial charge on any atom is -0.0988 e. The van der Waals surface area contributed by atoms with Gasteiger partial charge in [0, 0.05) is 11.8 Å². The molecule has 0 heteroatoms. The second kappa shape index (κ2) is 22.2. The van der Waals surface area contributed by atoms with Crippen LogP contribution in [0.4, 0.5) is 0 Å². The summed E-state index contributed by atoms with van der Waals surface area (Å²) in [6, 6.07) is 30.0. The number of benzene rings is 3. The smallest absolute Gasteiger partial charge is 0.0336 e. The summed E-state index contributed by atoms with van der Waals surface area (Å²) in [5.41, 5.74) is 14.1. The number of rotatable bonds is 16. The lowest BCUT2D eigenvalue weighted by Gasteiger charge is -2.35. The van der Waals surface area contributed by atoms with Gasteiger partial charge in [0.15, 0.2) is 0 Å². The van der Waals surface area contributed by atoms with E-state index >= 15 is 0 Å². The monoisotopic (exact) mass is 827 g/mol. The van der Waals surface area contributed by atoms with Gasteiger partial charge in [0.2, 0.25) is 0 Å². The van der Waals surface area contributed by atoms with Crippen molar-refractivity contribution in [3.8, 4) is 11.1 Å². The molecule has 0 nitrogen and oxygen atoms in total. The zero-order chi connectivity index (χ0) is 43.2. The highest BCUT2D eigenvalue weighted by Crippen LogP contribution is 2.45. The van der Waals surface area contributed by atoms with E-state index in [0.29, 0.717) is 35.5 Å². The third kappa shape index (κ3) is 11.4. The van der Waals surface area contributed by atoms with E-state index in [1.807, 2.05) is 0 Å². The molecule has 63 heavy (non-hydrogen) atoms. The van der Waals surface area contributed by atoms with Crippen LogP contribution in [-0.2, 0) is 6.42 Å². The van der Waals surface area contributed by atoms with Gasteiger partial charge in [-0.3, -0.25) is 0 Å². The van der Waals surface area contributed by atoms with Gasteiger partial charge < -0.3 is 0 Å². The van der Waals surface area contributed by atoms with Gasteiger partial charge in [0.1, 0.15) is 0 Å². The Morgan fingerprint density at radius 2 is 1.54 bits per heavy atom. The first-order valence-electron chi connectivity index (χ1n) is 24.5. The Hall–Kier alpha value is -5.46. The van der Waals surface area contributed by atoms with Crippen molar-refractivity contribution in [3.05, 3.63) is 239 Å². The normalized spacial score (nSPS) is 24.1. The maximum absolute atomic E-state index is 4.36. The first-order chi connectivity index (χ1) is 31.1. The molecule has 0 heterocycles. The molecular weight excluding hydrogens is 757 g/mol. The van der Waals surface area contributed by atoms with Crippen molar-refractivity contribution < 1.29 is 0 Å². The van der Waals surface area contributed by atoms with E-state index in [-0.39, 0.29) is 5.92 Å². The molecule has 8 rings (SSSR count). The second-order valence-electron chi connectivity index (χ2n) is 18.7. The molecule has 5 aliphatic carbocycles. The number of allylic oxidation sites excluding steroid dienone is 23. The zero-order valence-electron chi connectivity index (χ0n) is 38.1. The Bertz CT molecular complexity index is 2340. The molecule has 0 aromatic heterocycles. The molecule has 0 radical (unpaired) electrons. The van der Waals surface area contributed by atoms with E-state index in [1.165, 1.54) is 95.9 Å². The van der Waals surface area contributed by atoms with Gasteiger partial charge in [-0.1, -0.05) is 202 Å². The fourth-order valence-electron chi connectivity index (χ4n) is 11.0. The highest BCUT2D eigenvalue weighted by Gasteiger charge is 2.31. The largest absolute Gasteiger partial charge is 0.0988 e. The zero-order valence-corrected chi connectivity index (χ0v) is 38.1. The maximum Gasteiger partial charge on any atom is 0.0336 e. The van der Waals surface area contributed by atoms with Crippen LogP contribution in [0.1, 0.15) is 113 Å². The van der Waals surface area contributed by atoms with Gasteiger partial charge >= 0.3 is 0 Å². The molecule has 0 amide bonds. The van der Waals surface area contributed by atoms with Crippen LogP contribution >= 0.6 is 0 Å². The lowest BCUT2D eigenvalue weighted by atomic mass is 9.69. The van der Waals surface area contributed by atoms with Crippen molar-refractivity contribution in [2.75, 3.05) is 0 Å². The molecule has 7 unspecified atom stereocenters. The van der Waals surface area contributed by atoms with E-state index in [0.717, 1.165) is 25.7 Å². The van der Waals surface area contributed by atoms with Crippen LogP contribution in [0.5, 0.6) is 0 Å². The Morgan fingerprint density at radius 1 is 0.746 bits per heavy atom. The lowest BCUT2D eigenvalue weighted by Crippen LogP contribution is -2.22. The summed E-state index contributed by atoms with van der Waals surface area (Å²) < 4.78 is 0. The van der Waals surface area contributed by atoms with Gasteiger partial charge in [-0.05, 0) is 169 Å². The Morgan fingerprint density at radius 3 is 2.16 bits per heavy atom. The van der Waals surface area contributed by atoms with Gasteiger partial charge in [-0.25, -0.2) is 0 Å². The summed E-state index contributed by atoms with van der Waals surface area (Å²) in [6.45, 7) is 8.93. The molecule has 0 saturated heterocycles. The van der Waals surface area contributed by atoms with Crippen molar-refractivity contribution in [2.24, 2.45) is 29.6 Å². The summed E-state index contributed by atoms with van der Waals surface area (Å²) in [4.78, 5) is 0. The predicted molar refractivity (Wildman–Crippen MR) is 273 cm³/mol. The summed E-state index contributed by atoms with van der Waals surface area (Å²) >= 11 is 0. The van der Waals surface area contributed by atoms with Crippen molar-refractivity contribution >= 4 is 0 Å². The quantitative estimate of drug-likeness (QED) is 0.0997. The van der Waals surface area contributed by atoms with Crippen LogP contribution in [0, 0.1) is 29.6 Å². The Kier molecular flexibility index (Phi) is 15.6. The summed E-state index contributed by atoms with van der Waals surface area (Å²) in [5, 5.41) is 0. The lowest BCUT2D eigenvalue weighted by molar-refractivity contribution is 0.316. The highest BCUT2D eigenvalue weighted by atomic mass is 14.4. The van der Waals surface area contributed by atoms with E-state index in [1.54, 1.807) is 11.1 Å². The molecule has 0 fully saturated rings. The molecule has 0 bridgehead atoms. The van der Waals surface area contributed by atoms with Gasteiger partial charge in [0.05, 0.1) is 0 Å². The van der Waals surface area contributed by atoms with E-state index in [4.69, 9.17) is 0 Å². The Labute approximate surface area is 381 Å². The van der Waals surface area contributed by atoms with Crippen molar-refractivity contribution in [2.45, 2.75) is 103 Å². The van der Waals surface area contributed by atoms with E-state index < -0.39 is 0 Å². The molecule has 3 aromatic carbocycles. The predicted octanol–water partition coefficient (Wildman–Crippen LogP) is 17.4. The SMILES string of the molecule is C=CC(=CC=CC1C=CC=CC1)C(C1=CCC(C2=CCC(Cc3ccccc3)C=C2)C=C1)c1ccc(-c2ccc(C(C(C=CC)CC)C3CC=C(C4=CCCCC4)CC3)cc2)cc1. The second-order valence-corrected chi connectivity index (χ2v) is 18.7. The number of hydrogen-bond acceptors (Lipinski definition) is 0. The minimum absolute atomic E-state index is 0.103. The molecule has 0 saturated carbocycles. The standard InChI is InChI=1S/C63H70/c1-4-17-50(5-2)62(58-38-30-54(31-39-58)52-23-14-9-15-24-52)59-40-34-56(35-41-59)57-36-44-61(45-37-57)63(51(6-3)25-16-22-47-18-10-7-11-19-47)60-42-32-55(33-43-60)53-28-26-49(27-29-53)46-48-20-12-8-13-21-48/h4,6-8,10-13,16-18,20-23,25-26,28-30,32,34-37,40-45,47,49-50,55,58,62-63H,3,5,9,14-15,19,24,27,31,33,38-39,46H2,1-2H3. The van der Waals surface area contributed by atoms with Gasteiger partial charge in [0.25, 0.3) is 0 Å². The molecule has 0 aliphatic heterocycles.